The minimum absolute atomic E-state index is 0. The third kappa shape index (κ3) is 3.53. The lowest BCUT2D eigenvalue weighted by Crippen LogP contribution is -2.47. The predicted molar refractivity (Wildman–Crippen MR) is 104 cm³/mol. The van der Waals surface area contributed by atoms with Crippen LogP contribution in [0.3, 0.4) is 0 Å². The molecule has 0 saturated carbocycles. The summed E-state index contributed by atoms with van der Waals surface area (Å²) in [6.45, 7) is 4.67. The Kier molecular flexibility index (Phi) is 5.63. The zero-order chi connectivity index (χ0) is 15.6. The van der Waals surface area contributed by atoms with E-state index in [-0.39, 0.29) is 12.4 Å². The molecule has 2 aliphatic rings. The molecule has 1 fully saturated rings. The number of piperidine rings is 1. The number of halogens is 1. The molecule has 1 nitrogen and oxygen atoms in total. The van der Waals surface area contributed by atoms with Gasteiger partial charge in [0.05, 0.1) is 0 Å². The predicted octanol–water partition coefficient (Wildman–Crippen LogP) is 5.15. The van der Waals surface area contributed by atoms with Gasteiger partial charge in [-0.3, -0.25) is 4.90 Å². The summed E-state index contributed by atoms with van der Waals surface area (Å²) in [6.07, 6.45) is 6.52. The average Bonchev–Trinajstić information content (AvgIpc) is 2.61. The maximum absolute atomic E-state index is 2.78. The number of likely N-dealkylation sites (tertiary alicyclic amines) is 1. The summed E-state index contributed by atoms with van der Waals surface area (Å²) in [5.41, 5.74) is 6.09. The summed E-state index contributed by atoms with van der Waals surface area (Å²) < 4.78 is 0. The van der Waals surface area contributed by atoms with Crippen molar-refractivity contribution in [2.45, 2.75) is 51.0 Å². The maximum Gasteiger partial charge on any atom is 0.0167 e. The zero-order valence-electron chi connectivity index (χ0n) is 14.6. The molecule has 0 spiro atoms. The van der Waals surface area contributed by atoms with Crippen molar-refractivity contribution >= 4 is 12.4 Å². The van der Waals surface area contributed by atoms with Crippen molar-refractivity contribution in [3.05, 3.63) is 70.8 Å². The zero-order valence-corrected chi connectivity index (χ0v) is 15.4. The van der Waals surface area contributed by atoms with Gasteiger partial charge in [-0.1, -0.05) is 54.1 Å². The molecule has 2 heteroatoms. The van der Waals surface area contributed by atoms with Gasteiger partial charge in [0, 0.05) is 12.6 Å². The van der Waals surface area contributed by atoms with Crippen molar-refractivity contribution in [1.82, 2.24) is 4.90 Å². The molecule has 128 valence electrons. The molecule has 1 heterocycles. The monoisotopic (exact) mass is 341 g/mol. The average molecular weight is 342 g/mol. The van der Waals surface area contributed by atoms with Gasteiger partial charge in [0.15, 0.2) is 0 Å². The molecular formula is C22H28ClN. The number of aryl methyl sites for hydroxylation is 2. The second-order valence-electron chi connectivity index (χ2n) is 7.33. The smallest absolute Gasteiger partial charge is 0.0167 e. The fraction of sp³-hybridized carbons (Fsp3) is 0.455. The van der Waals surface area contributed by atoms with Crippen LogP contribution in [0.15, 0.2) is 48.5 Å². The third-order valence-electron chi connectivity index (χ3n) is 5.87. The van der Waals surface area contributed by atoms with E-state index in [1.165, 1.54) is 56.3 Å². The van der Waals surface area contributed by atoms with Crippen LogP contribution in [0.5, 0.6) is 0 Å². The first kappa shape index (κ1) is 17.5. The highest BCUT2D eigenvalue weighted by Crippen LogP contribution is 2.40. The molecular weight excluding hydrogens is 314 g/mol. The van der Waals surface area contributed by atoms with E-state index >= 15 is 0 Å². The minimum Gasteiger partial charge on any atom is -0.299 e. The van der Waals surface area contributed by atoms with Gasteiger partial charge in [-0.25, -0.2) is 0 Å². The quantitative estimate of drug-likeness (QED) is 0.745. The molecule has 0 radical (unpaired) electrons. The van der Waals surface area contributed by atoms with Crippen molar-refractivity contribution in [2.24, 2.45) is 0 Å². The van der Waals surface area contributed by atoms with Crippen molar-refractivity contribution in [3.63, 3.8) is 0 Å². The largest absolute Gasteiger partial charge is 0.299 e. The first-order valence-corrected chi connectivity index (χ1v) is 9.18. The van der Waals surface area contributed by atoms with Gasteiger partial charge in [-0.2, -0.15) is 0 Å². The van der Waals surface area contributed by atoms with E-state index in [0.29, 0.717) is 0 Å². The summed E-state index contributed by atoms with van der Waals surface area (Å²) in [6, 6.07) is 19.0. The molecule has 0 bridgehead atoms. The van der Waals surface area contributed by atoms with Crippen LogP contribution in [0.25, 0.3) is 0 Å². The van der Waals surface area contributed by atoms with E-state index in [0.717, 1.165) is 12.0 Å². The minimum atomic E-state index is 0. The Morgan fingerprint density at radius 3 is 2.62 bits per heavy atom. The molecule has 2 atom stereocenters. The standard InChI is InChI=1S/C22H27N.ClH/c1-17-8-10-18(11-9-17)14-16-23-15-4-7-21-20-6-3-2-5-19(20)12-13-22(21)23;/h2-3,5-6,8-11,21-22H,4,7,12-16H2,1H3;1H/t21-,22-;/m0./s1. The number of benzene rings is 2. The molecule has 2 aromatic carbocycles. The van der Waals surface area contributed by atoms with Gasteiger partial charge < -0.3 is 0 Å². The lowest BCUT2D eigenvalue weighted by atomic mass is 9.74. The van der Waals surface area contributed by atoms with E-state index < -0.39 is 0 Å². The van der Waals surface area contributed by atoms with E-state index in [1.807, 2.05) is 0 Å². The highest BCUT2D eigenvalue weighted by Gasteiger charge is 2.35. The van der Waals surface area contributed by atoms with Crippen LogP contribution in [-0.4, -0.2) is 24.0 Å². The molecule has 0 N–H and O–H groups in total. The molecule has 1 saturated heterocycles. The number of hydrogen-bond donors (Lipinski definition) is 0. The van der Waals surface area contributed by atoms with Crippen LogP contribution in [-0.2, 0) is 12.8 Å². The Morgan fingerprint density at radius 2 is 1.79 bits per heavy atom. The normalized spacial score (nSPS) is 23.0. The van der Waals surface area contributed by atoms with E-state index in [4.69, 9.17) is 0 Å². The van der Waals surface area contributed by atoms with Gasteiger partial charge >= 0.3 is 0 Å². The Morgan fingerprint density at radius 1 is 1.00 bits per heavy atom. The van der Waals surface area contributed by atoms with Gasteiger partial charge in [0.1, 0.15) is 0 Å². The summed E-state index contributed by atoms with van der Waals surface area (Å²) in [7, 11) is 0. The molecule has 2 aromatic rings. The van der Waals surface area contributed by atoms with Crippen LogP contribution in [0, 0.1) is 6.92 Å². The van der Waals surface area contributed by atoms with Crippen molar-refractivity contribution in [1.29, 1.82) is 0 Å². The van der Waals surface area contributed by atoms with Gasteiger partial charge in [-0.15, -0.1) is 12.4 Å². The lowest BCUT2D eigenvalue weighted by molar-refractivity contribution is 0.114. The second kappa shape index (κ2) is 7.72. The molecule has 0 aromatic heterocycles. The number of hydrogen-bond acceptors (Lipinski definition) is 1. The summed E-state index contributed by atoms with van der Waals surface area (Å²) in [5.74, 6) is 0.770. The van der Waals surface area contributed by atoms with Gasteiger partial charge in [0.2, 0.25) is 0 Å². The van der Waals surface area contributed by atoms with Crippen LogP contribution in [0.2, 0.25) is 0 Å². The Balaban J connectivity index is 0.00000169. The van der Waals surface area contributed by atoms with Crippen LogP contribution >= 0.6 is 12.4 Å². The highest BCUT2D eigenvalue weighted by atomic mass is 35.5. The topological polar surface area (TPSA) is 3.24 Å². The van der Waals surface area contributed by atoms with Gasteiger partial charge in [-0.05, 0) is 68.2 Å². The van der Waals surface area contributed by atoms with Crippen molar-refractivity contribution in [3.8, 4) is 0 Å². The van der Waals surface area contributed by atoms with Crippen molar-refractivity contribution < 1.29 is 0 Å². The Labute approximate surface area is 152 Å². The first-order valence-electron chi connectivity index (χ1n) is 9.18. The second-order valence-corrected chi connectivity index (χ2v) is 7.33. The summed E-state index contributed by atoms with van der Waals surface area (Å²) in [5, 5.41) is 0. The van der Waals surface area contributed by atoms with Crippen LogP contribution < -0.4 is 0 Å². The Bertz CT molecular complexity index is 664. The van der Waals surface area contributed by atoms with Crippen LogP contribution in [0.4, 0.5) is 0 Å². The van der Waals surface area contributed by atoms with Gasteiger partial charge in [0.25, 0.3) is 0 Å². The summed E-state index contributed by atoms with van der Waals surface area (Å²) in [4.78, 5) is 2.78. The molecule has 0 unspecified atom stereocenters. The maximum atomic E-state index is 2.78. The molecule has 0 amide bonds. The highest BCUT2D eigenvalue weighted by molar-refractivity contribution is 5.85. The van der Waals surface area contributed by atoms with Crippen molar-refractivity contribution in [2.75, 3.05) is 13.1 Å². The first-order chi connectivity index (χ1) is 11.3. The van der Waals surface area contributed by atoms with Crippen LogP contribution in [0.1, 0.15) is 47.4 Å². The molecule has 1 aliphatic carbocycles. The fourth-order valence-electron chi connectivity index (χ4n) is 4.61. The molecule has 24 heavy (non-hydrogen) atoms. The lowest BCUT2D eigenvalue weighted by Gasteiger charge is -2.45. The van der Waals surface area contributed by atoms with E-state index in [9.17, 15) is 0 Å². The van der Waals surface area contributed by atoms with E-state index in [1.54, 1.807) is 11.1 Å². The number of rotatable bonds is 3. The fourth-order valence-corrected chi connectivity index (χ4v) is 4.61. The van der Waals surface area contributed by atoms with E-state index in [2.05, 4.69) is 60.4 Å². The third-order valence-corrected chi connectivity index (χ3v) is 5.87. The molecule has 4 rings (SSSR count). The Hall–Kier alpha value is -1.31. The SMILES string of the molecule is Cc1ccc(CCN2CCC[C@H]3c4ccccc4CC[C@@H]32)cc1.Cl. The molecule has 1 aliphatic heterocycles. The number of fused-ring (bicyclic) bond motifs is 3. The summed E-state index contributed by atoms with van der Waals surface area (Å²) >= 11 is 0. The number of nitrogens with zero attached hydrogens (tertiary/aromatic N) is 1.